The fraction of sp³-hybridized carbons (Fsp3) is 0.263. The summed E-state index contributed by atoms with van der Waals surface area (Å²) in [6, 6.07) is 8.57. The van der Waals surface area contributed by atoms with Gasteiger partial charge in [-0.05, 0) is 50.1 Å². The van der Waals surface area contributed by atoms with Crippen molar-refractivity contribution in [3.63, 3.8) is 0 Å². The summed E-state index contributed by atoms with van der Waals surface area (Å²) < 4.78 is 38.3. The van der Waals surface area contributed by atoms with Crippen molar-refractivity contribution < 1.29 is 18.1 Å². The average Bonchev–Trinajstić information content (AvgIpc) is 2.89. The summed E-state index contributed by atoms with van der Waals surface area (Å²) >= 11 is 0. The van der Waals surface area contributed by atoms with Gasteiger partial charge in [0.2, 0.25) is 0 Å². The second-order valence-corrected chi connectivity index (χ2v) is 6.44. The molecule has 2 N–H and O–H groups in total. The molecule has 0 saturated carbocycles. The highest BCUT2D eigenvalue weighted by molar-refractivity contribution is 5.85. The molecule has 5 nitrogen and oxygen atoms in total. The number of aromatic amines is 1. The summed E-state index contributed by atoms with van der Waals surface area (Å²) in [5.41, 5.74) is 2.65. The van der Waals surface area contributed by atoms with Crippen molar-refractivity contribution in [2.24, 2.45) is 0 Å². The fourth-order valence-corrected chi connectivity index (χ4v) is 3.15. The molecule has 0 aliphatic carbocycles. The molecule has 27 heavy (non-hydrogen) atoms. The highest BCUT2D eigenvalue weighted by atomic mass is 19.4. The number of nitrogens with one attached hydrogen (secondary N) is 2. The first-order chi connectivity index (χ1) is 12.7. The van der Waals surface area contributed by atoms with E-state index in [1.165, 1.54) is 0 Å². The highest BCUT2D eigenvalue weighted by Crippen LogP contribution is 2.35. The van der Waals surface area contributed by atoms with E-state index in [2.05, 4.69) is 16.4 Å². The zero-order valence-electron chi connectivity index (χ0n) is 14.8. The van der Waals surface area contributed by atoms with E-state index in [-0.39, 0.29) is 5.69 Å². The molecule has 0 aliphatic heterocycles. The van der Waals surface area contributed by atoms with Crippen molar-refractivity contribution in [2.45, 2.75) is 26.4 Å². The second-order valence-electron chi connectivity index (χ2n) is 6.44. The summed E-state index contributed by atoms with van der Waals surface area (Å²) in [6.07, 6.45) is -4.05. The van der Waals surface area contributed by atoms with Crippen LogP contribution < -0.4 is 5.32 Å². The molecule has 0 saturated heterocycles. The first-order valence-electron chi connectivity index (χ1n) is 8.34. The summed E-state index contributed by atoms with van der Waals surface area (Å²) in [4.78, 5) is 13.6. The minimum Gasteiger partial charge on any atom is -0.379 e. The van der Waals surface area contributed by atoms with E-state index in [9.17, 15) is 23.3 Å². The van der Waals surface area contributed by atoms with E-state index >= 15 is 0 Å². The Labute approximate surface area is 153 Å². The topological polar surface area (TPSA) is 71.0 Å². The van der Waals surface area contributed by atoms with Crippen LogP contribution in [0.15, 0.2) is 36.4 Å². The molecule has 0 unspecified atom stereocenters. The first-order valence-corrected chi connectivity index (χ1v) is 8.34. The Hall–Kier alpha value is -3.03. The van der Waals surface area contributed by atoms with E-state index in [4.69, 9.17) is 0 Å². The number of aromatic nitrogens is 1. The lowest BCUT2D eigenvalue weighted by Crippen LogP contribution is -2.10. The third-order valence-electron chi connectivity index (χ3n) is 4.49. The van der Waals surface area contributed by atoms with Crippen LogP contribution in [-0.4, -0.2) is 16.5 Å². The van der Waals surface area contributed by atoms with Gasteiger partial charge in [0.1, 0.15) is 5.69 Å². The first kappa shape index (κ1) is 18.8. The number of alkyl halides is 3. The summed E-state index contributed by atoms with van der Waals surface area (Å²) in [7, 11) is 0. The van der Waals surface area contributed by atoms with Gasteiger partial charge in [0.15, 0.2) is 0 Å². The van der Waals surface area contributed by atoms with Crippen LogP contribution in [0.2, 0.25) is 0 Å². The molecule has 0 amide bonds. The van der Waals surface area contributed by atoms with Crippen LogP contribution in [0.25, 0.3) is 10.9 Å². The second kappa shape index (κ2) is 6.94. The van der Waals surface area contributed by atoms with Gasteiger partial charge in [-0.25, -0.2) is 0 Å². The van der Waals surface area contributed by atoms with Crippen molar-refractivity contribution in [1.82, 2.24) is 4.98 Å². The smallest absolute Gasteiger partial charge is 0.379 e. The normalized spacial score (nSPS) is 11.7. The number of fused-ring (bicyclic) bond motifs is 1. The number of halogens is 3. The molecular weight excluding hydrogens is 359 g/mol. The van der Waals surface area contributed by atoms with Gasteiger partial charge in [-0.15, -0.1) is 0 Å². The number of H-pyrrole nitrogens is 1. The van der Waals surface area contributed by atoms with Crippen molar-refractivity contribution in [3.8, 4) is 0 Å². The van der Waals surface area contributed by atoms with Crippen LogP contribution in [0.1, 0.15) is 22.4 Å². The van der Waals surface area contributed by atoms with Gasteiger partial charge in [-0.1, -0.05) is 11.6 Å². The number of nitro groups is 1. The Morgan fingerprint density at radius 2 is 1.89 bits per heavy atom. The van der Waals surface area contributed by atoms with Crippen LogP contribution in [-0.2, 0) is 12.6 Å². The van der Waals surface area contributed by atoms with Gasteiger partial charge in [-0.2, -0.15) is 13.2 Å². The number of anilines is 1. The lowest BCUT2D eigenvalue weighted by atomic mass is 10.1. The maximum Gasteiger partial charge on any atom is 0.416 e. The van der Waals surface area contributed by atoms with Gasteiger partial charge in [-0.3, -0.25) is 10.1 Å². The Bertz CT molecular complexity index is 1010. The molecule has 0 atom stereocenters. The molecule has 0 aliphatic rings. The maximum absolute atomic E-state index is 12.8. The third-order valence-corrected chi connectivity index (χ3v) is 4.49. The monoisotopic (exact) mass is 377 g/mol. The highest BCUT2D eigenvalue weighted by Gasteiger charge is 2.33. The van der Waals surface area contributed by atoms with Gasteiger partial charge in [0.05, 0.1) is 10.5 Å². The van der Waals surface area contributed by atoms with Crippen LogP contribution in [0.3, 0.4) is 0 Å². The zero-order chi connectivity index (χ0) is 19.8. The van der Waals surface area contributed by atoms with E-state index in [1.807, 2.05) is 26.0 Å². The number of hydrogen-bond donors (Lipinski definition) is 2. The van der Waals surface area contributed by atoms with Crippen LogP contribution in [0.4, 0.5) is 24.5 Å². The van der Waals surface area contributed by atoms with Gasteiger partial charge >= 0.3 is 6.18 Å². The Kier molecular flexibility index (Phi) is 4.82. The number of nitro benzene ring substituents is 1. The van der Waals surface area contributed by atoms with E-state index in [1.54, 1.807) is 0 Å². The quantitative estimate of drug-likeness (QED) is 0.464. The lowest BCUT2D eigenvalue weighted by Gasteiger charge is -2.11. The van der Waals surface area contributed by atoms with Crippen molar-refractivity contribution in [2.75, 3.05) is 11.9 Å². The molecule has 0 spiro atoms. The lowest BCUT2D eigenvalue weighted by molar-refractivity contribution is -0.384. The predicted molar refractivity (Wildman–Crippen MR) is 98.1 cm³/mol. The SMILES string of the molecule is Cc1ccc2[nH]c(C)c(CCNc3ccc(C(F)(F)F)cc3[N+](=O)[O-])c2c1. The standard InChI is InChI=1S/C19H18F3N3O2/c1-11-3-5-16-15(9-11)14(12(2)24-16)7-8-23-17-6-4-13(19(20,21)22)10-18(17)25(26)27/h3-6,9-10,23-24H,7-8H2,1-2H3. The van der Waals surface area contributed by atoms with Crippen LogP contribution in [0.5, 0.6) is 0 Å². The molecule has 3 rings (SSSR count). The predicted octanol–water partition coefficient (Wildman–Crippen LogP) is 5.37. The molecular formula is C19H18F3N3O2. The zero-order valence-corrected chi connectivity index (χ0v) is 14.8. The number of nitrogens with zero attached hydrogens (tertiary/aromatic N) is 1. The summed E-state index contributed by atoms with van der Waals surface area (Å²) in [6.45, 7) is 4.30. The minimum atomic E-state index is -4.62. The van der Waals surface area contributed by atoms with Crippen molar-refractivity contribution in [3.05, 3.63) is 68.9 Å². The van der Waals surface area contributed by atoms with Crippen molar-refractivity contribution in [1.29, 1.82) is 0 Å². The van der Waals surface area contributed by atoms with Gasteiger partial charge in [0, 0.05) is 29.2 Å². The Balaban J connectivity index is 1.81. The number of benzene rings is 2. The molecule has 3 aromatic rings. The summed E-state index contributed by atoms with van der Waals surface area (Å²) in [5.74, 6) is 0. The number of hydrogen-bond acceptors (Lipinski definition) is 3. The Morgan fingerprint density at radius 3 is 2.56 bits per heavy atom. The van der Waals surface area contributed by atoms with Gasteiger partial charge in [0.25, 0.3) is 5.69 Å². The van der Waals surface area contributed by atoms with Crippen molar-refractivity contribution >= 4 is 22.3 Å². The maximum atomic E-state index is 12.8. The number of aryl methyl sites for hydroxylation is 2. The van der Waals surface area contributed by atoms with Crippen LogP contribution in [0, 0.1) is 24.0 Å². The molecule has 2 aromatic carbocycles. The molecule has 1 heterocycles. The largest absolute Gasteiger partial charge is 0.416 e. The number of rotatable bonds is 5. The van der Waals surface area contributed by atoms with Gasteiger partial charge < -0.3 is 10.3 Å². The third kappa shape index (κ3) is 3.89. The van der Waals surface area contributed by atoms with E-state index in [0.717, 1.165) is 39.9 Å². The van der Waals surface area contributed by atoms with E-state index < -0.39 is 22.4 Å². The molecule has 142 valence electrons. The summed E-state index contributed by atoms with van der Waals surface area (Å²) in [5, 5.41) is 15.1. The molecule has 0 radical (unpaired) electrons. The van der Waals surface area contributed by atoms with Crippen LogP contribution >= 0.6 is 0 Å². The Morgan fingerprint density at radius 1 is 1.15 bits per heavy atom. The minimum absolute atomic E-state index is 0.0710. The van der Waals surface area contributed by atoms with E-state index in [0.29, 0.717) is 19.0 Å². The fourth-order valence-electron chi connectivity index (χ4n) is 3.15. The molecule has 8 heteroatoms. The molecule has 0 bridgehead atoms. The average molecular weight is 377 g/mol. The molecule has 0 fully saturated rings. The molecule has 1 aromatic heterocycles.